The number of esters is 1. The van der Waals surface area contributed by atoms with Gasteiger partial charge in [-0.05, 0) is 31.0 Å². The predicted octanol–water partition coefficient (Wildman–Crippen LogP) is 1.01. The highest BCUT2D eigenvalue weighted by atomic mass is 32.2. The van der Waals surface area contributed by atoms with Crippen LogP contribution in [0.1, 0.15) is 18.9 Å². The molecule has 21 heavy (non-hydrogen) atoms. The van der Waals surface area contributed by atoms with E-state index in [0.717, 1.165) is 0 Å². The molecule has 0 atom stereocenters. The Balaban J connectivity index is 2.71. The molecule has 1 aromatic carbocycles. The van der Waals surface area contributed by atoms with Crippen molar-refractivity contribution in [2.75, 3.05) is 17.1 Å². The number of carboxylic acid groups (broad SMARTS) is 1. The summed E-state index contributed by atoms with van der Waals surface area (Å²) in [4.78, 5) is 21.7. The maximum Gasteiger partial charge on any atom is 0.323 e. The fourth-order valence-corrected chi connectivity index (χ4v) is 2.57. The number of anilines is 1. The first kappa shape index (κ1) is 17.0. The van der Waals surface area contributed by atoms with Gasteiger partial charge in [-0.3, -0.25) is 14.3 Å². The lowest BCUT2D eigenvalue weighted by atomic mass is 10.1. The Morgan fingerprint density at radius 3 is 2.67 bits per heavy atom. The van der Waals surface area contributed by atoms with E-state index in [1.165, 1.54) is 12.1 Å². The summed E-state index contributed by atoms with van der Waals surface area (Å²) < 4.78 is 30.4. The first-order valence-corrected chi connectivity index (χ1v) is 7.94. The summed E-state index contributed by atoms with van der Waals surface area (Å²) in [6.45, 7) is 1.70. The highest BCUT2D eigenvalue weighted by molar-refractivity contribution is 7.93. The Morgan fingerprint density at radius 1 is 1.33 bits per heavy atom. The minimum absolute atomic E-state index is 0.0426. The molecule has 2 N–H and O–H groups in total. The van der Waals surface area contributed by atoms with Crippen molar-refractivity contribution >= 4 is 27.6 Å². The highest BCUT2D eigenvalue weighted by Crippen LogP contribution is 2.14. The molecule has 0 aliphatic rings. The fraction of sp³-hybridized carbons (Fsp3) is 0.385. The molecular weight excluding hydrogens is 298 g/mol. The van der Waals surface area contributed by atoms with E-state index in [9.17, 15) is 18.0 Å². The van der Waals surface area contributed by atoms with E-state index in [-0.39, 0.29) is 18.7 Å². The largest absolute Gasteiger partial charge is 0.481 e. The van der Waals surface area contributed by atoms with E-state index in [0.29, 0.717) is 12.0 Å². The fourth-order valence-electron chi connectivity index (χ4n) is 1.62. The number of carbonyl (C=O) groups is 2. The molecule has 0 heterocycles. The van der Waals surface area contributed by atoms with Gasteiger partial charge in [-0.25, -0.2) is 8.42 Å². The van der Waals surface area contributed by atoms with E-state index in [4.69, 9.17) is 5.11 Å². The van der Waals surface area contributed by atoms with Gasteiger partial charge in [0.2, 0.25) is 10.0 Å². The number of nitrogens with one attached hydrogen (secondary N) is 1. The Morgan fingerprint density at radius 2 is 2.05 bits per heavy atom. The predicted molar refractivity (Wildman–Crippen MR) is 76.4 cm³/mol. The van der Waals surface area contributed by atoms with Gasteiger partial charge in [-0.2, -0.15) is 0 Å². The number of carboxylic acids is 1. The summed E-state index contributed by atoms with van der Waals surface area (Å²) in [5.74, 6) is -2.52. The van der Waals surface area contributed by atoms with Gasteiger partial charge in [-0.15, -0.1) is 0 Å². The Labute approximate surface area is 123 Å². The van der Waals surface area contributed by atoms with Gasteiger partial charge in [0.05, 0.1) is 6.61 Å². The van der Waals surface area contributed by atoms with E-state index in [2.05, 4.69) is 9.46 Å². The summed E-state index contributed by atoms with van der Waals surface area (Å²) in [6, 6.07) is 6.37. The van der Waals surface area contributed by atoms with Crippen molar-refractivity contribution in [3.63, 3.8) is 0 Å². The van der Waals surface area contributed by atoms with Crippen LogP contribution in [0.2, 0.25) is 0 Å². The molecule has 0 amide bonds. The molecule has 0 aliphatic carbocycles. The minimum Gasteiger partial charge on any atom is -0.481 e. The molecule has 0 radical (unpaired) electrons. The van der Waals surface area contributed by atoms with Gasteiger partial charge in [0.25, 0.3) is 0 Å². The van der Waals surface area contributed by atoms with Crippen LogP contribution >= 0.6 is 0 Å². The maximum atomic E-state index is 11.8. The monoisotopic (exact) mass is 315 g/mol. The third kappa shape index (κ3) is 6.75. The molecule has 1 rings (SSSR count). The lowest BCUT2D eigenvalue weighted by Gasteiger charge is -2.09. The molecule has 8 heteroatoms. The van der Waals surface area contributed by atoms with Crippen LogP contribution < -0.4 is 4.72 Å². The molecule has 116 valence electrons. The molecule has 1 aromatic rings. The van der Waals surface area contributed by atoms with Crippen molar-refractivity contribution < 1.29 is 27.9 Å². The first-order chi connectivity index (χ1) is 9.82. The van der Waals surface area contributed by atoms with Gasteiger partial charge >= 0.3 is 11.9 Å². The third-order valence-corrected chi connectivity index (χ3v) is 3.60. The summed E-state index contributed by atoms with van der Waals surface area (Å²) in [5.41, 5.74) is 0.968. The van der Waals surface area contributed by atoms with Crippen molar-refractivity contribution in [3.8, 4) is 0 Å². The molecule has 7 nitrogen and oxygen atoms in total. The molecule has 0 unspecified atom stereocenters. The number of benzene rings is 1. The van der Waals surface area contributed by atoms with Crippen LogP contribution in [-0.4, -0.2) is 37.8 Å². The normalized spacial score (nSPS) is 10.9. The summed E-state index contributed by atoms with van der Waals surface area (Å²) in [6.07, 6.45) is 0.252. The molecular formula is C13H17NO6S. The maximum absolute atomic E-state index is 11.8. The van der Waals surface area contributed by atoms with Crippen LogP contribution in [0.25, 0.3) is 0 Å². The van der Waals surface area contributed by atoms with Crippen LogP contribution in [-0.2, 0) is 30.8 Å². The second-order valence-electron chi connectivity index (χ2n) is 4.26. The van der Waals surface area contributed by atoms with Crippen molar-refractivity contribution in [2.45, 2.75) is 19.8 Å². The molecule has 0 aliphatic heterocycles. The second-order valence-corrected chi connectivity index (χ2v) is 5.98. The smallest absolute Gasteiger partial charge is 0.323 e. The highest BCUT2D eigenvalue weighted by Gasteiger charge is 2.17. The van der Waals surface area contributed by atoms with Gasteiger partial charge in [0, 0.05) is 12.1 Å². The molecule has 0 spiro atoms. The average Bonchev–Trinajstić information content (AvgIpc) is 2.35. The van der Waals surface area contributed by atoms with Gasteiger partial charge in [0.15, 0.2) is 5.75 Å². The zero-order valence-corrected chi connectivity index (χ0v) is 12.4. The van der Waals surface area contributed by atoms with Gasteiger partial charge < -0.3 is 9.84 Å². The van der Waals surface area contributed by atoms with Crippen molar-refractivity contribution in [1.82, 2.24) is 0 Å². The number of aryl methyl sites for hydroxylation is 1. The molecule has 0 saturated carbocycles. The van der Waals surface area contributed by atoms with Crippen molar-refractivity contribution in [2.24, 2.45) is 0 Å². The number of rotatable bonds is 8. The van der Waals surface area contributed by atoms with E-state index >= 15 is 0 Å². The lowest BCUT2D eigenvalue weighted by molar-refractivity contribution is -0.140. The number of hydrogen-bond donors (Lipinski definition) is 2. The van der Waals surface area contributed by atoms with Crippen LogP contribution in [0.4, 0.5) is 5.69 Å². The number of aliphatic carboxylic acids is 1. The second kappa shape index (κ2) is 7.63. The Hall–Kier alpha value is -2.09. The Kier molecular flexibility index (Phi) is 6.16. The van der Waals surface area contributed by atoms with E-state index in [1.807, 2.05) is 0 Å². The van der Waals surface area contributed by atoms with Crippen molar-refractivity contribution in [3.05, 3.63) is 29.8 Å². The Bertz CT molecular complexity index is 611. The zero-order valence-electron chi connectivity index (χ0n) is 11.5. The number of ether oxygens (including phenoxy) is 1. The average molecular weight is 315 g/mol. The summed E-state index contributed by atoms with van der Waals surface area (Å²) in [5, 5.41) is 8.62. The SMILES string of the molecule is CCOC(=O)CS(=O)(=O)Nc1cccc(CCC(=O)O)c1. The lowest BCUT2D eigenvalue weighted by Crippen LogP contribution is -2.24. The van der Waals surface area contributed by atoms with Gasteiger partial charge in [0.1, 0.15) is 0 Å². The number of sulfonamides is 1. The molecule has 0 saturated heterocycles. The third-order valence-electron chi connectivity index (χ3n) is 2.44. The summed E-state index contributed by atoms with van der Waals surface area (Å²) in [7, 11) is -3.84. The van der Waals surface area contributed by atoms with Crippen molar-refractivity contribution in [1.29, 1.82) is 0 Å². The molecule has 0 aromatic heterocycles. The van der Waals surface area contributed by atoms with Crippen LogP contribution in [0.5, 0.6) is 0 Å². The molecule has 0 bridgehead atoms. The van der Waals surface area contributed by atoms with E-state index in [1.54, 1.807) is 19.1 Å². The number of hydrogen-bond acceptors (Lipinski definition) is 5. The van der Waals surface area contributed by atoms with Gasteiger partial charge in [-0.1, -0.05) is 12.1 Å². The first-order valence-electron chi connectivity index (χ1n) is 6.29. The number of carbonyl (C=O) groups excluding carboxylic acids is 1. The van der Waals surface area contributed by atoms with Crippen LogP contribution in [0.15, 0.2) is 24.3 Å². The van der Waals surface area contributed by atoms with Crippen LogP contribution in [0, 0.1) is 0 Å². The standard InChI is InChI=1S/C13H17NO6S/c1-2-20-13(17)9-21(18,19)14-11-5-3-4-10(8-11)6-7-12(15)16/h3-5,8,14H,2,6-7,9H2,1H3,(H,15,16). The minimum atomic E-state index is -3.84. The quantitative estimate of drug-likeness (QED) is 0.693. The zero-order chi connectivity index (χ0) is 15.9. The molecule has 0 fully saturated rings. The topological polar surface area (TPSA) is 110 Å². The summed E-state index contributed by atoms with van der Waals surface area (Å²) >= 11 is 0. The van der Waals surface area contributed by atoms with E-state index < -0.39 is 27.7 Å². The van der Waals surface area contributed by atoms with Crippen LogP contribution in [0.3, 0.4) is 0 Å².